The molecule has 32 heavy (non-hydrogen) atoms. The summed E-state index contributed by atoms with van der Waals surface area (Å²) in [6, 6.07) is 19.9. The Hall–Kier alpha value is -3.56. The maximum Gasteiger partial charge on any atom is 0.261 e. The van der Waals surface area contributed by atoms with Gasteiger partial charge in [0.15, 0.2) is 11.5 Å². The summed E-state index contributed by atoms with van der Waals surface area (Å²) in [5.41, 5.74) is 4.53. The normalized spacial score (nSPS) is 11.7. The van der Waals surface area contributed by atoms with Gasteiger partial charge in [0, 0.05) is 11.3 Å². The maximum atomic E-state index is 12.9. The second-order valence-corrected chi connectivity index (χ2v) is 10.1. The minimum absolute atomic E-state index is 0.232. The van der Waals surface area contributed by atoms with Crippen molar-refractivity contribution in [3.8, 4) is 22.0 Å². The molecule has 3 aromatic heterocycles. The molecule has 0 saturated heterocycles. The average Bonchev–Trinajstić information content (AvgIpc) is 3.44. The lowest BCUT2D eigenvalue weighted by Gasteiger charge is -2.11. The fourth-order valence-corrected chi connectivity index (χ4v) is 5.17. The van der Waals surface area contributed by atoms with Gasteiger partial charge in [-0.1, -0.05) is 24.3 Å². The Morgan fingerprint density at radius 1 is 0.906 bits per heavy atom. The van der Waals surface area contributed by atoms with Gasteiger partial charge in [0.25, 0.3) is 10.0 Å². The Balaban J connectivity index is 1.49. The zero-order valence-corrected chi connectivity index (χ0v) is 19.0. The molecule has 1 N–H and O–H groups in total. The highest BCUT2D eigenvalue weighted by atomic mass is 32.2. The minimum Gasteiger partial charge on any atom is -0.280 e. The lowest BCUT2D eigenvalue weighted by Crippen LogP contribution is -2.13. The molecule has 0 aliphatic heterocycles. The van der Waals surface area contributed by atoms with Crippen molar-refractivity contribution >= 4 is 32.7 Å². The number of rotatable bonds is 5. The summed E-state index contributed by atoms with van der Waals surface area (Å²) >= 11 is 1.57. The highest BCUT2D eigenvalue weighted by Gasteiger charge is 2.16. The first-order valence-corrected chi connectivity index (χ1v) is 12.2. The van der Waals surface area contributed by atoms with Gasteiger partial charge in [-0.2, -0.15) is 9.61 Å². The van der Waals surface area contributed by atoms with Crippen molar-refractivity contribution in [2.45, 2.75) is 18.7 Å². The van der Waals surface area contributed by atoms with Crippen LogP contribution in [0.5, 0.6) is 0 Å². The second-order valence-electron chi connectivity index (χ2n) is 7.42. The molecule has 160 valence electrons. The summed E-state index contributed by atoms with van der Waals surface area (Å²) in [5, 5.41) is 15.1. The number of sulfonamides is 1. The van der Waals surface area contributed by atoms with Crippen molar-refractivity contribution in [1.29, 1.82) is 0 Å². The summed E-state index contributed by atoms with van der Waals surface area (Å²) < 4.78 is 30.1. The standard InChI is InChI=1S/C23H19N5O2S2/c1-15-8-9-19(13-16(15)2)32(29,30)27-18-6-3-5-17(14-18)20-10-11-22-24-25-23(28(22)26-20)21-7-4-12-31-21/h3-14,27H,1-2H3. The van der Waals surface area contributed by atoms with E-state index in [0.29, 0.717) is 22.9 Å². The third-order valence-corrected chi connectivity index (χ3v) is 7.45. The number of nitrogens with zero attached hydrogens (tertiary/aromatic N) is 4. The van der Waals surface area contributed by atoms with E-state index in [-0.39, 0.29) is 4.90 Å². The van der Waals surface area contributed by atoms with Gasteiger partial charge in [0.1, 0.15) is 0 Å². The number of hydrogen-bond donors (Lipinski definition) is 1. The topological polar surface area (TPSA) is 89.2 Å². The van der Waals surface area contributed by atoms with Crippen molar-refractivity contribution in [3.63, 3.8) is 0 Å². The van der Waals surface area contributed by atoms with E-state index in [1.807, 2.05) is 55.6 Å². The predicted molar refractivity (Wildman–Crippen MR) is 126 cm³/mol. The summed E-state index contributed by atoms with van der Waals surface area (Å²) in [6.07, 6.45) is 0. The number of aromatic nitrogens is 4. The Bertz CT molecular complexity index is 1540. The molecule has 0 atom stereocenters. The quantitative estimate of drug-likeness (QED) is 0.401. The smallest absolute Gasteiger partial charge is 0.261 e. The lowest BCUT2D eigenvalue weighted by atomic mass is 10.1. The number of hydrogen-bond acceptors (Lipinski definition) is 6. The summed E-state index contributed by atoms with van der Waals surface area (Å²) in [4.78, 5) is 1.20. The van der Waals surface area contributed by atoms with Crippen molar-refractivity contribution < 1.29 is 8.42 Å². The van der Waals surface area contributed by atoms with Crippen LogP contribution in [0.2, 0.25) is 0 Å². The Morgan fingerprint density at radius 3 is 2.56 bits per heavy atom. The van der Waals surface area contributed by atoms with Crippen molar-refractivity contribution in [3.05, 3.63) is 83.2 Å². The van der Waals surface area contributed by atoms with Crippen LogP contribution in [0.15, 0.2) is 77.0 Å². The maximum absolute atomic E-state index is 12.9. The van der Waals surface area contributed by atoms with Crippen LogP contribution < -0.4 is 4.72 Å². The van der Waals surface area contributed by atoms with E-state index < -0.39 is 10.0 Å². The van der Waals surface area contributed by atoms with Crippen molar-refractivity contribution in [2.24, 2.45) is 0 Å². The van der Waals surface area contributed by atoms with E-state index >= 15 is 0 Å². The second kappa shape index (κ2) is 7.85. The van der Waals surface area contributed by atoms with Crippen molar-refractivity contribution in [1.82, 2.24) is 19.8 Å². The van der Waals surface area contributed by atoms with E-state index in [4.69, 9.17) is 5.10 Å². The molecule has 9 heteroatoms. The number of anilines is 1. The molecule has 0 radical (unpaired) electrons. The summed E-state index contributed by atoms with van der Waals surface area (Å²) in [7, 11) is -3.71. The van der Waals surface area contributed by atoms with Crippen LogP contribution in [0.3, 0.4) is 0 Å². The average molecular weight is 462 g/mol. The van der Waals surface area contributed by atoms with Gasteiger partial charge in [0.05, 0.1) is 15.5 Å². The zero-order chi connectivity index (χ0) is 22.3. The molecule has 0 bridgehead atoms. The van der Waals surface area contributed by atoms with Crippen LogP contribution >= 0.6 is 11.3 Å². The molecular weight excluding hydrogens is 442 g/mol. The van der Waals surface area contributed by atoms with Crippen LogP contribution in [0.1, 0.15) is 11.1 Å². The summed E-state index contributed by atoms with van der Waals surface area (Å²) in [6.45, 7) is 3.85. The van der Waals surface area contributed by atoms with Gasteiger partial charge in [-0.3, -0.25) is 4.72 Å². The fourth-order valence-electron chi connectivity index (χ4n) is 3.34. The molecule has 0 unspecified atom stereocenters. The van der Waals surface area contributed by atoms with Gasteiger partial charge in [-0.05, 0) is 72.8 Å². The molecule has 5 rings (SSSR count). The first-order chi connectivity index (χ1) is 15.4. The van der Waals surface area contributed by atoms with E-state index in [0.717, 1.165) is 21.6 Å². The van der Waals surface area contributed by atoms with Gasteiger partial charge in [0.2, 0.25) is 0 Å². The van der Waals surface area contributed by atoms with E-state index in [2.05, 4.69) is 14.9 Å². The molecule has 0 aliphatic rings. The van der Waals surface area contributed by atoms with Crippen LogP contribution in [0, 0.1) is 13.8 Å². The predicted octanol–water partition coefficient (Wildman–Crippen LogP) is 4.94. The molecule has 3 heterocycles. The Morgan fingerprint density at radius 2 is 1.78 bits per heavy atom. The summed E-state index contributed by atoms with van der Waals surface area (Å²) in [5.74, 6) is 0.670. The number of fused-ring (bicyclic) bond motifs is 1. The van der Waals surface area contributed by atoms with Crippen LogP contribution in [0.25, 0.3) is 27.6 Å². The number of nitrogens with one attached hydrogen (secondary N) is 1. The minimum atomic E-state index is -3.71. The third kappa shape index (κ3) is 3.76. The molecule has 5 aromatic rings. The Kier molecular flexibility index (Phi) is 4.99. The fraction of sp³-hybridized carbons (Fsp3) is 0.0870. The lowest BCUT2D eigenvalue weighted by molar-refractivity contribution is 0.601. The molecule has 0 aliphatic carbocycles. The van der Waals surface area contributed by atoms with E-state index in [1.165, 1.54) is 0 Å². The van der Waals surface area contributed by atoms with Gasteiger partial charge >= 0.3 is 0 Å². The monoisotopic (exact) mass is 461 g/mol. The van der Waals surface area contributed by atoms with E-state index in [1.54, 1.807) is 46.2 Å². The Labute approximate surface area is 189 Å². The largest absolute Gasteiger partial charge is 0.280 e. The number of thiophene rings is 1. The number of benzene rings is 2. The molecule has 7 nitrogen and oxygen atoms in total. The van der Waals surface area contributed by atoms with E-state index in [9.17, 15) is 8.42 Å². The molecule has 0 spiro atoms. The number of aryl methyl sites for hydroxylation is 2. The SMILES string of the molecule is Cc1ccc(S(=O)(=O)Nc2cccc(-c3ccc4nnc(-c5cccs5)n4n3)c2)cc1C. The van der Waals surface area contributed by atoms with Crippen LogP contribution in [0.4, 0.5) is 5.69 Å². The van der Waals surface area contributed by atoms with Crippen LogP contribution in [-0.2, 0) is 10.0 Å². The zero-order valence-electron chi connectivity index (χ0n) is 17.4. The van der Waals surface area contributed by atoms with Gasteiger partial charge < -0.3 is 0 Å². The molecule has 0 saturated carbocycles. The molecular formula is C23H19N5O2S2. The molecule has 0 fully saturated rings. The van der Waals surface area contributed by atoms with Crippen LogP contribution in [-0.4, -0.2) is 28.2 Å². The first kappa shape index (κ1) is 20.3. The van der Waals surface area contributed by atoms with Gasteiger partial charge in [-0.25, -0.2) is 8.42 Å². The first-order valence-electron chi connectivity index (χ1n) is 9.87. The third-order valence-electron chi connectivity index (χ3n) is 5.20. The molecule has 0 amide bonds. The highest BCUT2D eigenvalue weighted by molar-refractivity contribution is 7.92. The van der Waals surface area contributed by atoms with Gasteiger partial charge in [-0.15, -0.1) is 21.5 Å². The van der Waals surface area contributed by atoms with Crippen molar-refractivity contribution in [2.75, 3.05) is 4.72 Å². The molecule has 2 aromatic carbocycles. The highest BCUT2D eigenvalue weighted by Crippen LogP contribution is 2.26.